The fourth-order valence-corrected chi connectivity index (χ4v) is 3.17. The van der Waals surface area contributed by atoms with Crippen molar-refractivity contribution in [3.05, 3.63) is 30.1 Å². The second-order valence-electron chi connectivity index (χ2n) is 6.72. The van der Waals surface area contributed by atoms with Crippen LogP contribution in [-0.4, -0.2) is 68.1 Å². The molecule has 3 rings (SSSR count). The average Bonchev–Trinajstić information content (AvgIpc) is 3.44. The number of aliphatic imine (C=N–C) groups is 1. The van der Waals surface area contributed by atoms with Gasteiger partial charge < -0.3 is 15.5 Å². The van der Waals surface area contributed by atoms with Crippen LogP contribution in [0.1, 0.15) is 19.3 Å². The van der Waals surface area contributed by atoms with E-state index in [1.54, 1.807) is 6.07 Å². The van der Waals surface area contributed by atoms with E-state index in [0.717, 1.165) is 51.4 Å². The van der Waals surface area contributed by atoms with Gasteiger partial charge in [-0.1, -0.05) is 12.1 Å². The van der Waals surface area contributed by atoms with Gasteiger partial charge in [0.2, 0.25) is 0 Å². The molecule has 2 N–H and O–H groups in total. The number of hydrogen-bond acceptors (Lipinski definition) is 3. The molecule has 1 aliphatic carbocycles. The molecule has 6 heteroatoms. The highest BCUT2D eigenvalue weighted by atomic mass is 19.1. The number of piperazine rings is 1. The highest BCUT2D eigenvalue weighted by molar-refractivity contribution is 5.78. The van der Waals surface area contributed by atoms with Crippen LogP contribution in [0.5, 0.6) is 0 Å². The minimum atomic E-state index is -0.129. The second kappa shape index (κ2) is 7.83. The zero-order chi connectivity index (χ0) is 16.9. The summed E-state index contributed by atoms with van der Waals surface area (Å²) in [6.45, 7) is 5.48. The number of nitrogens with two attached hydrogens (primary N) is 1. The van der Waals surface area contributed by atoms with E-state index < -0.39 is 0 Å². The number of anilines is 1. The van der Waals surface area contributed by atoms with Crippen LogP contribution >= 0.6 is 0 Å². The third-order valence-electron chi connectivity index (χ3n) is 4.93. The largest absolute Gasteiger partial charge is 0.370 e. The summed E-state index contributed by atoms with van der Waals surface area (Å²) in [7, 11) is 2.03. The van der Waals surface area contributed by atoms with Gasteiger partial charge in [-0.2, -0.15) is 0 Å². The molecule has 0 radical (unpaired) electrons. The smallest absolute Gasteiger partial charge is 0.191 e. The molecule has 0 spiro atoms. The molecule has 1 saturated heterocycles. The highest BCUT2D eigenvalue weighted by Crippen LogP contribution is 2.24. The molecule has 0 amide bonds. The molecule has 132 valence electrons. The van der Waals surface area contributed by atoms with Gasteiger partial charge in [0.1, 0.15) is 5.82 Å². The summed E-state index contributed by atoms with van der Waals surface area (Å²) in [6.07, 6.45) is 3.48. The van der Waals surface area contributed by atoms with E-state index in [0.29, 0.717) is 12.0 Å². The summed E-state index contributed by atoms with van der Waals surface area (Å²) in [6, 6.07) is 7.63. The first-order valence-corrected chi connectivity index (χ1v) is 8.90. The predicted octanol–water partition coefficient (Wildman–Crippen LogP) is 1.75. The quantitative estimate of drug-likeness (QED) is 0.489. The Morgan fingerprint density at radius 2 is 1.96 bits per heavy atom. The second-order valence-corrected chi connectivity index (χ2v) is 6.72. The van der Waals surface area contributed by atoms with E-state index >= 15 is 0 Å². The van der Waals surface area contributed by atoms with E-state index in [4.69, 9.17) is 5.73 Å². The van der Waals surface area contributed by atoms with Crippen molar-refractivity contribution in [2.75, 3.05) is 51.2 Å². The van der Waals surface area contributed by atoms with Crippen LogP contribution in [0.25, 0.3) is 0 Å². The summed E-state index contributed by atoms with van der Waals surface area (Å²) in [4.78, 5) is 11.1. The fourth-order valence-electron chi connectivity index (χ4n) is 3.17. The minimum absolute atomic E-state index is 0.129. The van der Waals surface area contributed by atoms with Gasteiger partial charge in [0.15, 0.2) is 5.96 Å². The van der Waals surface area contributed by atoms with Crippen molar-refractivity contribution in [2.45, 2.75) is 25.3 Å². The first-order valence-electron chi connectivity index (χ1n) is 8.90. The highest BCUT2D eigenvalue weighted by Gasteiger charge is 2.27. The van der Waals surface area contributed by atoms with E-state index in [9.17, 15) is 4.39 Å². The standard InChI is InChI=1S/C18H28FN5/c1-22(15-7-8-15)18(20)21-9-4-10-23-11-13-24(14-12-23)17-6-3-2-5-16(17)19/h2-3,5-6,15H,4,7-14H2,1H3,(H2,20,21). The lowest BCUT2D eigenvalue weighted by atomic mass is 10.2. The Hall–Kier alpha value is -1.82. The molecule has 2 aliphatic rings. The van der Waals surface area contributed by atoms with E-state index in [1.807, 2.05) is 19.2 Å². The van der Waals surface area contributed by atoms with Crippen molar-refractivity contribution in [3.63, 3.8) is 0 Å². The minimum Gasteiger partial charge on any atom is -0.370 e. The first kappa shape index (κ1) is 17.0. The zero-order valence-electron chi connectivity index (χ0n) is 14.5. The number of guanidine groups is 1. The number of benzene rings is 1. The van der Waals surface area contributed by atoms with Crippen molar-refractivity contribution in [1.82, 2.24) is 9.80 Å². The van der Waals surface area contributed by atoms with E-state index in [2.05, 4.69) is 19.7 Å². The maximum atomic E-state index is 13.8. The number of nitrogens with zero attached hydrogens (tertiary/aromatic N) is 4. The number of para-hydroxylation sites is 1. The van der Waals surface area contributed by atoms with Gasteiger partial charge in [-0.25, -0.2) is 4.39 Å². The van der Waals surface area contributed by atoms with Crippen molar-refractivity contribution in [3.8, 4) is 0 Å². The van der Waals surface area contributed by atoms with Gasteiger partial charge in [0.05, 0.1) is 5.69 Å². The molecule has 0 bridgehead atoms. The molecule has 2 fully saturated rings. The molecule has 24 heavy (non-hydrogen) atoms. The van der Waals surface area contributed by atoms with Crippen LogP contribution in [0.2, 0.25) is 0 Å². The van der Waals surface area contributed by atoms with Crippen molar-refractivity contribution >= 4 is 11.6 Å². The topological polar surface area (TPSA) is 48.1 Å². The lowest BCUT2D eigenvalue weighted by Gasteiger charge is -2.36. The van der Waals surface area contributed by atoms with Crippen LogP contribution < -0.4 is 10.6 Å². The molecular weight excluding hydrogens is 305 g/mol. The van der Waals surface area contributed by atoms with Crippen molar-refractivity contribution < 1.29 is 4.39 Å². The molecule has 1 aromatic carbocycles. The predicted molar refractivity (Wildman–Crippen MR) is 96.9 cm³/mol. The Kier molecular flexibility index (Phi) is 5.56. The third kappa shape index (κ3) is 4.38. The SMILES string of the molecule is CN(C(N)=NCCCN1CCN(c2ccccc2F)CC1)C1CC1. The van der Waals surface area contributed by atoms with Crippen LogP contribution in [0, 0.1) is 5.82 Å². The summed E-state index contributed by atoms with van der Waals surface area (Å²) in [5.74, 6) is 0.539. The monoisotopic (exact) mass is 333 g/mol. The Morgan fingerprint density at radius 1 is 1.25 bits per heavy atom. The van der Waals surface area contributed by atoms with E-state index in [1.165, 1.54) is 18.9 Å². The van der Waals surface area contributed by atoms with Crippen LogP contribution in [0.4, 0.5) is 10.1 Å². The van der Waals surface area contributed by atoms with Gasteiger partial charge in [0, 0.05) is 52.4 Å². The van der Waals surface area contributed by atoms with Crippen LogP contribution in [0.3, 0.4) is 0 Å². The van der Waals surface area contributed by atoms with Crippen LogP contribution in [-0.2, 0) is 0 Å². The summed E-state index contributed by atoms with van der Waals surface area (Å²) in [5.41, 5.74) is 6.71. The lowest BCUT2D eigenvalue weighted by Crippen LogP contribution is -2.47. The van der Waals surface area contributed by atoms with Crippen molar-refractivity contribution in [2.24, 2.45) is 10.7 Å². The van der Waals surface area contributed by atoms with Gasteiger partial charge in [-0.15, -0.1) is 0 Å². The summed E-state index contributed by atoms with van der Waals surface area (Å²) < 4.78 is 13.8. The summed E-state index contributed by atoms with van der Waals surface area (Å²) >= 11 is 0. The molecule has 1 aromatic rings. The fraction of sp³-hybridized carbons (Fsp3) is 0.611. The van der Waals surface area contributed by atoms with Gasteiger partial charge in [-0.3, -0.25) is 9.89 Å². The molecule has 1 aliphatic heterocycles. The third-order valence-corrected chi connectivity index (χ3v) is 4.93. The van der Waals surface area contributed by atoms with Gasteiger partial charge in [-0.05, 0) is 31.4 Å². The first-order chi connectivity index (χ1) is 11.6. The van der Waals surface area contributed by atoms with Crippen LogP contribution in [0.15, 0.2) is 29.3 Å². The maximum absolute atomic E-state index is 13.8. The average molecular weight is 333 g/mol. The molecule has 1 heterocycles. The Bertz CT molecular complexity index is 564. The molecule has 0 unspecified atom stereocenters. The zero-order valence-corrected chi connectivity index (χ0v) is 14.5. The Balaban J connectivity index is 1.37. The maximum Gasteiger partial charge on any atom is 0.191 e. The molecule has 0 atom stereocenters. The summed E-state index contributed by atoms with van der Waals surface area (Å²) in [5, 5.41) is 0. The Labute approximate surface area is 143 Å². The van der Waals surface area contributed by atoms with Gasteiger partial charge >= 0.3 is 0 Å². The lowest BCUT2D eigenvalue weighted by molar-refractivity contribution is 0.255. The number of hydrogen-bond donors (Lipinski definition) is 1. The Morgan fingerprint density at radius 3 is 2.62 bits per heavy atom. The number of rotatable bonds is 6. The van der Waals surface area contributed by atoms with Gasteiger partial charge in [0.25, 0.3) is 0 Å². The molecule has 0 aromatic heterocycles. The molecule has 5 nitrogen and oxygen atoms in total. The van der Waals surface area contributed by atoms with E-state index in [-0.39, 0.29) is 5.82 Å². The normalized spacial score (nSPS) is 19.6. The molecule has 1 saturated carbocycles. The molecular formula is C18H28FN5. The number of halogens is 1. The van der Waals surface area contributed by atoms with Crippen molar-refractivity contribution in [1.29, 1.82) is 0 Å².